The van der Waals surface area contributed by atoms with Crippen LogP contribution >= 0.6 is 0 Å². The minimum Gasteiger partial charge on any atom is -0.489 e. The molecule has 0 saturated heterocycles. The Morgan fingerprint density at radius 2 is 2.15 bits per heavy atom. The minimum atomic E-state index is -0.133. The third-order valence-electron chi connectivity index (χ3n) is 2.71. The number of nitrogens with one attached hydrogen (secondary N) is 1. The number of benzene rings is 1. The molecule has 0 aliphatic rings. The fraction of sp³-hybridized carbons (Fsp3) is 0.333. The first-order valence-corrected chi connectivity index (χ1v) is 6.62. The molecule has 0 radical (unpaired) electrons. The molecule has 0 aliphatic heterocycles. The van der Waals surface area contributed by atoms with Crippen molar-refractivity contribution in [2.75, 3.05) is 26.4 Å². The highest BCUT2D eigenvalue weighted by molar-refractivity contribution is 5.84. The van der Waals surface area contributed by atoms with E-state index in [2.05, 4.69) is 10.3 Å². The van der Waals surface area contributed by atoms with Gasteiger partial charge in [0.15, 0.2) is 0 Å². The van der Waals surface area contributed by atoms with Crippen molar-refractivity contribution in [3.63, 3.8) is 0 Å². The number of amides is 1. The molecule has 0 unspecified atom stereocenters. The van der Waals surface area contributed by atoms with Gasteiger partial charge in [0.2, 0.25) is 5.91 Å². The molecule has 5 heteroatoms. The molecule has 0 atom stereocenters. The van der Waals surface area contributed by atoms with Crippen LogP contribution in [0.4, 0.5) is 0 Å². The van der Waals surface area contributed by atoms with E-state index in [0.29, 0.717) is 19.8 Å². The van der Waals surface area contributed by atoms with Crippen LogP contribution in [0.1, 0.15) is 6.92 Å². The van der Waals surface area contributed by atoms with Gasteiger partial charge in [-0.3, -0.25) is 9.78 Å². The van der Waals surface area contributed by atoms with E-state index in [-0.39, 0.29) is 12.5 Å². The van der Waals surface area contributed by atoms with Gasteiger partial charge in [-0.05, 0) is 19.1 Å². The third kappa shape index (κ3) is 3.93. The fourth-order valence-corrected chi connectivity index (χ4v) is 1.79. The zero-order valence-electron chi connectivity index (χ0n) is 11.5. The van der Waals surface area contributed by atoms with Crippen molar-refractivity contribution in [2.45, 2.75) is 6.92 Å². The molecular weight excluding hydrogens is 256 g/mol. The average Bonchev–Trinajstić information content (AvgIpc) is 2.49. The number of hydrogen-bond donors (Lipinski definition) is 1. The van der Waals surface area contributed by atoms with E-state index in [1.165, 1.54) is 0 Å². The van der Waals surface area contributed by atoms with Crippen LogP contribution in [-0.4, -0.2) is 37.3 Å². The van der Waals surface area contributed by atoms with Gasteiger partial charge in [0.25, 0.3) is 0 Å². The summed E-state index contributed by atoms with van der Waals surface area (Å²) >= 11 is 0. The molecule has 0 bridgehead atoms. The van der Waals surface area contributed by atoms with Crippen LogP contribution in [0.3, 0.4) is 0 Å². The summed E-state index contributed by atoms with van der Waals surface area (Å²) in [5, 5.41) is 3.76. The second-order valence-corrected chi connectivity index (χ2v) is 4.17. The van der Waals surface area contributed by atoms with E-state index in [1.807, 2.05) is 37.3 Å². The number of carbonyl (C=O) groups is 1. The monoisotopic (exact) mass is 274 g/mol. The lowest BCUT2D eigenvalue weighted by atomic mass is 10.2. The lowest BCUT2D eigenvalue weighted by molar-refractivity contribution is -0.125. The Morgan fingerprint density at radius 1 is 1.30 bits per heavy atom. The maximum Gasteiger partial charge on any atom is 0.246 e. The molecule has 106 valence electrons. The number of ether oxygens (including phenoxy) is 2. The van der Waals surface area contributed by atoms with Gasteiger partial charge in [0.05, 0.1) is 6.54 Å². The second-order valence-electron chi connectivity index (χ2n) is 4.17. The van der Waals surface area contributed by atoms with Crippen molar-refractivity contribution in [3.05, 3.63) is 36.5 Å². The standard InChI is InChI=1S/C15H18N2O3/c1-2-19-11-14(18)16-9-10-20-13-7-3-5-12-6-4-8-17-15(12)13/h3-8H,2,9-11H2,1H3,(H,16,18). The van der Waals surface area contributed by atoms with Crippen molar-refractivity contribution in [1.82, 2.24) is 10.3 Å². The Labute approximate surface area is 117 Å². The van der Waals surface area contributed by atoms with Crippen molar-refractivity contribution < 1.29 is 14.3 Å². The molecule has 2 rings (SSSR count). The summed E-state index contributed by atoms with van der Waals surface area (Å²) < 4.78 is 10.7. The first-order valence-electron chi connectivity index (χ1n) is 6.62. The summed E-state index contributed by atoms with van der Waals surface area (Å²) in [5.41, 5.74) is 0.829. The molecule has 0 aliphatic carbocycles. The Bertz CT molecular complexity index is 567. The van der Waals surface area contributed by atoms with Gasteiger partial charge in [-0.1, -0.05) is 18.2 Å². The smallest absolute Gasteiger partial charge is 0.246 e. The Kier molecular flexibility index (Phi) is 5.32. The number of rotatable bonds is 7. The summed E-state index contributed by atoms with van der Waals surface area (Å²) in [6.07, 6.45) is 1.74. The van der Waals surface area contributed by atoms with Crippen LogP contribution in [0, 0.1) is 0 Å². The fourth-order valence-electron chi connectivity index (χ4n) is 1.79. The zero-order chi connectivity index (χ0) is 14.2. The van der Waals surface area contributed by atoms with Crippen LogP contribution in [-0.2, 0) is 9.53 Å². The summed E-state index contributed by atoms with van der Waals surface area (Å²) in [4.78, 5) is 15.6. The summed E-state index contributed by atoms with van der Waals surface area (Å²) in [5.74, 6) is 0.591. The predicted octanol–water partition coefficient (Wildman–Crippen LogP) is 1.77. The number of fused-ring (bicyclic) bond motifs is 1. The summed E-state index contributed by atoms with van der Waals surface area (Å²) in [7, 11) is 0. The lowest BCUT2D eigenvalue weighted by Gasteiger charge is -2.09. The van der Waals surface area contributed by atoms with E-state index < -0.39 is 0 Å². The number of nitrogens with zero attached hydrogens (tertiary/aromatic N) is 1. The van der Waals surface area contributed by atoms with Crippen molar-refractivity contribution in [1.29, 1.82) is 0 Å². The average molecular weight is 274 g/mol. The molecule has 1 aromatic heterocycles. The van der Waals surface area contributed by atoms with E-state index >= 15 is 0 Å². The number of carbonyl (C=O) groups excluding carboxylic acids is 1. The van der Waals surface area contributed by atoms with Gasteiger partial charge in [-0.2, -0.15) is 0 Å². The Hall–Kier alpha value is -2.14. The van der Waals surface area contributed by atoms with Crippen molar-refractivity contribution >= 4 is 16.8 Å². The molecular formula is C15H18N2O3. The van der Waals surface area contributed by atoms with E-state index in [1.54, 1.807) is 6.20 Å². The number of pyridine rings is 1. The molecule has 0 fully saturated rings. The molecule has 1 heterocycles. The highest BCUT2D eigenvalue weighted by Crippen LogP contribution is 2.22. The topological polar surface area (TPSA) is 60.5 Å². The third-order valence-corrected chi connectivity index (χ3v) is 2.71. The van der Waals surface area contributed by atoms with Crippen LogP contribution in [0.25, 0.3) is 10.9 Å². The normalized spacial score (nSPS) is 10.4. The predicted molar refractivity (Wildman–Crippen MR) is 76.7 cm³/mol. The number of hydrogen-bond acceptors (Lipinski definition) is 4. The molecule has 1 amide bonds. The Morgan fingerprint density at radius 3 is 3.00 bits per heavy atom. The quantitative estimate of drug-likeness (QED) is 0.782. The molecule has 0 saturated carbocycles. The van der Waals surface area contributed by atoms with Crippen molar-refractivity contribution in [2.24, 2.45) is 0 Å². The van der Waals surface area contributed by atoms with E-state index in [9.17, 15) is 4.79 Å². The molecule has 2 aromatic rings. The maximum absolute atomic E-state index is 11.3. The molecule has 0 spiro atoms. The lowest BCUT2D eigenvalue weighted by Crippen LogP contribution is -2.31. The van der Waals surface area contributed by atoms with Crippen LogP contribution < -0.4 is 10.1 Å². The second kappa shape index (κ2) is 7.45. The maximum atomic E-state index is 11.3. The highest BCUT2D eigenvalue weighted by Gasteiger charge is 2.03. The Balaban J connectivity index is 1.83. The SMILES string of the molecule is CCOCC(=O)NCCOc1cccc2cccnc12. The first-order chi connectivity index (χ1) is 9.81. The number of aromatic nitrogens is 1. The van der Waals surface area contributed by atoms with Crippen molar-refractivity contribution in [3.8, 4) is 5.75 Å². The van der Waals surface area contributed by atoms with Gasteiger partial charge >= 0.3 is 0 Å². The summed E-state index contributed by atoms with van der Waals surface area (Å²) in [6, 6.07) is 9.66. The highest BCUT2D eigenvalue weighted by atomic mass is 16.5. The van der Waals surface area contributed by atoms with Gasteiger partial charge in [0, 0.05) is 18.2 Å². The zero-order valence-corrected chi connectivity index (χ0v) is 11.5. The van der Waals surface area contributed by atoms with Gasteiger partial charge in [0.1, 0.15) is 24.5 Å². The van der Waals surface area contributed by atoms with Crippen LogP contribution in [0.15, 0.2) is 36.5 Å². The van der Waals surface area contributed by atoms with Crippen LogP contribution in [0.5, 0.6) is 5.75 Å². The van der Waals surface area contributed by atoms with E-state index in [0.717, 1.165) is 16.7 Å². The first kappa shape index (κ1) is 14.3. The largest absolute Gasteiger partial charge is 0.489 e. The van der Waals surface area contributed by atoms with Gasteiger partial charge < -0.3 is 14.8 Å². The molecule has 1 aromatic carbocycles. The van der Waals surface area contributed by atoms with E-state index in [4.69, 9.17) is 9.47 Å². The van der Waals surface area contributed by atoms with Crippen LogP contribution in [0.2, 0.25) is 0 Å². The molecule has 20 heavy (non-hydrogen) atoms. The molecule has 1 N–H and O–H groups in total. The summed E-state index contributed by atoms with van der Waals surface area (Å²) in [6.45, 7) is 3.31. The molecule has 5 nitrogen and oxygen atoms in total. The minimum absolute atomic E-state index is 0.0896. The number of para-hydroxylation sites is 1. The van der Waals surface area contributed by atoms with Gasteiger partial charge in [-0.25, -0.2) is 0 Å². The van der Waals surface area contributed by atoms with Gasteiger partial charge in [-0.15, -0.1) is 0 Å².